The van der Waals surface area contributed by atoms with E-state index in [2.05, 4.69) is 10.6 Å². The van der Waals surface area contributed by atoms with Gasteiger partial charge in [0, 0.05) is 37.9 Å². The van der Waals surface area contributed by atoms with E-state index in [9.17, 15) is 41.8 Å². The van der Waals surface area contributed by atoms with E-state index in [4.69, 9.17) is 0 Å². The number of halogens is 6. The number of amides is 2. The summed E-state index contributed by atoms with van der Waals surface area (Å²) in [5.74, 6) is -6.45. The van der Waals surface area contributed by atoms with Crippen molar-refractivity contribution in [3.8, 4) is 11.1 Å². The summed E-state index contributed by atoms with van der Waals surface area (Å²) < 4.78 is 85.0. The molecule has 2 aromatic carbocycles. The summed E-state index contributed by atoms with van der Waals surface area (Å²) in [5.41, 5.74) is -2.14. The van der Waals surface area contributed by atoms with Crippen LogP contribution in [0, 0.1) is 31.4 Å². The molecule has 9 nitrogen and oxygen atoms in total. The van der Waals surface area contributed by atoms with Crippen LogP contribution in [-0.2, 0) is 22.3 Å². The van der Waals surface area contributed by atoms with E-state index in [1.807, 2.05) is 0 Å². The molecule has 0 spiro atoms. The molecule has 0 aliphatic carbocycles. The Morgan fingerprint density at radius 1 is 1.00 bits per heavy atom. The first-order valence-electron chi connectivity index (χ1n) is 15.9. The third-order valence-corrected chi connectivity index (χ3v) is 8.44. The van der Waals surface area contributed by atoms with Gasteiger partial charge in [-0.15, -0.1) is 0 Å². The first-order valence-corrected chi connectivity index (χ1v) is 15.9. The second kappa shape index (κ2) is 15.5. The van der Waals surface area contributed by atoms with Crippen LogP contribution in [0.4, 0.5) is 26.3 Å². The number of carboxylic acid groups (broad SMARTS) is 1. The van der Waals surface area contributed by atoms with Crippen molar-refractivity contribution in [2.75, 3.05) is 19.6 Å². The Balaban J connectivity index is 1.63. The number of likely N-dealkylation sites (tertiary alicyclic amines) is 1. The van der Waals surface area contributed by atoms with Gasteiger partial charge in [0.1, 0.15) is 17.8 Å². The van der Waals surface area contributed by atoms with Crippen LogP contribution < -0.4 is 16.2 Å². The molecule has 0 saturated carbocycles. The molecule has 1 saturated heterocycles. The third kappa shape index (κ3) is 9.11. The zero-order chi connectivity index (χ0) is 37.1. The fourth-order valence-electron chi connectivity index (χ4n) is 6.04. The van der Waals surface area contributed by atoms with E-state index in [1.165, 1.54) is 36.7 Å². The SMILES string of the molecule is Cc1cc(C(F)(F)F)cc(C)c1-c1cc(F)c(F)c([C@H](CC(=O)O)NC(=O)[C@H](CC(C)C)NC(=O)c2cccn(CCN3CC(F)C3)c2=O)c1. The molecule has 4 rings (SSSR count). The van der Waals surface area contributed by atoms with Gasteiger partial charge in [-0.2, -0.15) is 13.2 Å². The fourth-order valence-corrected chi connectivity index (χ4v) is 6.04. The molecule has 2 amide bonds. The van der Waals surface area contributed by atoms with Gasteiger partial charge >= 0.3 is 12.1 Å². The van der Waals surface area contributed by atoms with Gasteiger partial charge in [0.2, 0.25) is 5.91 Å². The molecule has 3 aromatic rings. The van der Waals surface area contributed by atoms with Gasteiger partial charge in [0.25, 0.3) is 11.5 Å². The highest BCUT2D eigenvalue weighted by atomic mass is 19.4. The zero-order valence-electron chi connectivity index (χ0n) is 27.8. The number of carbonyl (C=O) groups is 3. The number of carboxylic acids is 1. The lowest BCUT2D eigenvalue weighted by atomic mass is 9.90. The van der Waals surface area contributed by atoms with E-state index in [0.717, 1.165) is 24.3 Å². The monoisotopic (exact) mass is 708 g/mol. The number of aromatic nitrogens is 1. The number of nitrogens with one attached hydrogen (secondary N) is 2. The summed E-state index contributed by atoms with van der Waals surface area (Å²) in [6, 6.07) is 3.28. The number of aryl methyl sites for hydroxylation is 2. The second-order valence-electron chi connectivity index (χ2n) is 12.9. The van der Waals surface area contributed by atoms with Gasteiger partial charge in [-0.3, -0.25) is 24.1 Å². The standard InChI is InChI=1S/C35H38F6N4O5/c1-18(2)10-28(43-32(48)24-6-5-7-45(34(24)50)9-8-44-16-23(36)17-44)33(49)42-27(15-29(46)47)25-13-21(14-26(37)31(25)38)30-19(3)11-22(12-20(30)4)35(39,40)41/h5-7,11-14,18,23,27-28H,8-10,15-17H2,1-4H3,(H,42,49)(H,43,48)(H,46,47)/t27-,28-/m0/s1. The molecule has 1 aromatic heterocycles. The van der Waals surface area contributed by atoms with Crippen LogP contribution in [0.15, 0.2) is 47.4 Å². The number of carbonyl (C=O) groups excluding carboxylic acids is 2. The third-order valence-electron chi connectivity index (χ3n) is 8.44. The van der Waals surface area contributed by atoms with Crippen LogP contribution in [0.2, 0.25) is 0 Å². The van der Waals surface area contributed by atoms with Crippen LogP contribution >= 0.6 is 0 Å². The predicted molar refractivity (Wildman–Crippen MR) is 172 cm³/mol. The van der Waals surface area contributed by atoms with Gasteiger partial charge in [0.15, 0.2) is 11.6 Å². The number of aliphatic carboxylic acids is 1. The lowest BCUT2D eigenvalue weighted by Crippen LogP contribution is -2.50. The van der Waals surface area contributed by atoms with Crippen molar-refractivity contribution in [2.45, 2.75) is 71.5 Å². The summed E-state index contributed by atoms with van der Waals surface area (Å²) in [6.07, 6.45) is -5.01. The highest BCUT2D eigenvalue weighted by Gasteiger charge is 2.33. The minimum Gasteiger partial charge on any atom is -0.481 e. The van der Waals surface area contributed by atoms with Crippen molar-refractivity contribution in [3.63, 3.8) is 0 Å². The van der Waals surface area contributed by atoms with E-state index in [0.29, 0.717) is 6.54 Å². The predicted octanol–water partition coefficient (Wildman–Crippen LogP) is 5.56. The first kappa shape index (κ1) is 38.1. The van der Waals surface area contributed by atoms with E-state index in [-0.39, 0.29) is 59.8 Å². The van der Waals surface area contributed by atoms with Gasteiger partial charge in [-0.05, 0) is 84.8 Å². The summed E-state index contributed by atoms with van der Waals surface area (Å²) >= 11 is 0. The van der Waals surface area contributed by atoms with Gasteiger partial charge in [-0.25, -0.2) is 13.2 Å². The molecule has 1 fully saturated rings. The molecule has 270 valence electrons. The number of benzene rings is 2. The van der Waals surface area contributed by atoms with Crippen molar-refractivity contribution in [2.24, 2.45) is 5.92 Å². The van der Waals surface area contributed by atoms with Gasteiger partial charge in [-0.1, -0.05) is 13.8 Å². The molecule has 1 aliphatic heterocycles. The summed E-state index contributed by atoms with van der Waals surface area (Å²) in [5, 5.41) is 14.5. The lowest BCUT2D eigenvalue weighted by molar-refractivity contribution is -0.138. The fraction of sp³-hybridized carbons (Fsp3) is 0.429. The lowest BCUT2D eigenvalue weighted by Gasteiger charge is -2.34. The maximum Gasteiger partial charge on any atom is 0.416 e. The van der Waals surface area contributed by atoms with Crippen LogP contribution in [0.25, 0.3) is 11.1 Å². The van der Waals surface area contributed by atoms with E-state index in [1.54, 1.807) is 18.7 Å². The van der Waals surface area contributed by atoms with Crippen molar-refractivity contribution in [3.05, 3.63) is 92.4 Å². The van der Waals surface area contributed by atoms with Crippen LogP contribution in [-0.4, -0.2) is 64.2 Å². The smallest absolute Gasteiger partial charge is 0.416 e. The minimum absolute atomic E-state index is 0.0125. The summed E-state index contributed by atoms with van der Waals surface area (Å²) in [4.78, 5) is 53.7. The first-order chi connectivity index (χ1) is 23.3. The van der Waals surface area contributed by atoms with E-state index < -0.39 is 77.0 Å². The quantitative estimate of drug-likeness (QED) is 0.200. The molecule has 15 heteroatoms. The molecule has 1 aliphatic rings. The number of hydrogen-bond acceptors (Lipinski definition) is 5. The molecule has 2 heterocycles. The van der Waals surface area contributed by atoms with Crippen molar-refractivity contribution < 1.29 is 45.8 Å². The highest BCUT2D eigenvalue weighted by Crippen LogP contribution is 2.37. The van der Waals surface area contributed by atoms with Crippen molar-refractivity contribution in [1.82, 2.24) is 20.1 Å². The average molecular weight is 709 g/mol. The molecule has 0 bridgehead atoms. The van der Waals surface area contributed by atoms with Crippen molar-refractivity contribution >= 4 is 17.8 Å². The van der Waals surface area contributed by atoms with Crippen LogP contribution in [0.5, 0.6) is 0 Å². The largest absolute Gasteiger partial charge is 0.481 e. The average Bonchev–Trinajstić information content (AvgIpc) is 2.99. The number of pyridine rings is 1. The summed E-state index contributed by atoms with van der Waals surface area (Å²) in [6.45, 7) is 7.27. The minimum atomic E-state index is -4.65. The maximum absolute atomic E-state index is 15.4. The summed E-state index contributed by atoms with van der Waals surface area (Å²) in [7, 11) is 0. The Morgan fingerprint density at radius 2 is 1.64 bits per heavy atom. The van der Waals surface area contributed by atoms with Crippen LogP contribution in [0.1, 0.15) is 65.3 Å². The Morgan fingerprint density at radius 3 is 2.20 bits per heavy atom. The number of rotatable bonds is 13. The normalized spacial score (nSPS) is 15.0. The van der Waals surface area contributed by atoms with Gasteiger partial charge < -0.3 is 20.3 Å². The zero-order valence-corrected chi connectivity index (χ0v) is 27.8. The maximum atomic E-state index is 15.4. The Hall–Kier alpha value is -4.66. The molecule has 50 heavy (non-hydrogen) atoms. The molecular formula is C35H38F6N4O5. The Kier molecular flexibility index (Phi) is 11.8. The topological polar surface area (TPSA) is 121 Å². The van der Waals surface area contributed by atoms with Crippen LogP contribution in [0.3, 0.4) is 0 Å². The molecule has 0 unspecified atom stereocenters. The van der Waals surface area contributed by atoms with Crippen molar-refractivity contribution in [1.29, 1.82) is 0 Å². The Bertz CT molecular complexity index is 1800. The molecule has 0 radical (unpaired) electrons. The van der Waals surface area contributed by atoms with E-state index >= 15 is 8.78 Å². The Labute approximate surface area is 284 Å². The molecule has 2 atom stereocenters. The van der Waals surface area contributed by atoms with Gasteiger partial charge in [0.05, 0.1) is 18.0 Å². The molecule has 3 N–H and O–H groups in total. The number of alkyl halides is 4. The highest BCUT2D eigenvalue weighted by molar-refractivity contribution is 5.97. The molecular weight excluding hydrogens is 670 g/mol. The number of hydrogen-bond donors (Lipinski definition) is 3. The number of nitrogens with zero attached hydrogens (tertiary/aromatic N) is 2. The second-order valence-corrected chi connectivity index (χ2v) is 12.9.